The second-order valence-corrected chi connectivity index (χ2v) is 5.49. The van der Waals surface area contributed by atoms with E-state index < -0.39 is 0 Å². The van der Waals surface area contributed by atoms with Crippen molar-refractivity contribution in [2.45, 2.75) is 0 Å². The van der Waals surface area contributed by atoms with Crippen LogP contribution >= 0.6 is 39.1 Å². The number of fused-ring (bicyclic) bond motifs is 1. The molecule has 0 aliphatic heterocycles. The molecule has 0 radical (unpaired) electrons. The standard InChI is InChI=1S/C13H6BrCl2NO/c14-10-5-9(16)6-11-12(10)18-13(17-11)7-2-1-3-8(15)4-7/h1-6H. The maximum atomic E-state index is 5.97. The molecule has 1 heterocycles. The second kappa shape index (κ2) is 4.57. The van der Waals surface area contributed by atoms with Crippen LogP contribution in [0, 0.1) is 0 Å². The van der Waals surface area contributed by atoms with E-state index in [1.165, 1.54) is 0 Å². The Morgan fingerprint density at radius 1 is 1.06 bits per heavy atom. The van der Waals surface area contributed by atoms with Crippen LogP contribution in [0.15, 0.2) is 45.3 Å². The molecule has 0 bridgehead atoms. The van der Waals surface area contributed by atoms with Gasteiger partial charge in [-0.3, -0.25) is 0 Å². The van der Waals surface area contributed by atoms with Crippen molar-refractivity contribution in [1.29, 1.82) is 0 Å². The third kappa shape index (κ3) is 2.14. The molecule has 0 saturated heterocycles. The minimum absolute atomic E-state index is 0.524. The number of aromatic nitrogens is 1. The molecule has 18 heavy (non-hydrogen) atoms. The predicted molar refractivity (Wildman–Crippen MR) is 77.2 cm³/mol. The van der Waals surface area contributed by atoms with Crippen molar-refractivity contribution in [2.24, 2.45) is 0 Å². The molecule has 2 nitrogen and oxygen atoms in total. The zero-order valence-electron chi connectivity index (χ0n) is 8.95. The topological polar surface area (TPSA) is 26.0 Å². The van der Waals surface area contributed by atoms with Gasteiger partial charge in [0.25, 0.3) is 0 Å². The van der Waals surface area contributed by atoms with E-state index in [1.807, 2.05) is 18.2 Å². The van der Waals surface area contributed by atoms with Crippen molar-refractivity contribution >= 4 is 50.2 Å². The Labute approximate surface area is 122 Å². The predicted octanol–water partition coefficient (Wildman–Crippen LogP) is 5.56. The van der Waals surface area contributed by atoms with Crippen LogP contribution in [-0.4, -0.2) is 4.98 Å². The van der Waals surface area contributed by atoms with Crippen LogP contribution < -0.4 is 0 Å². The highest BCUT2D eigenvalue weighted by Crippen LogP contribution is 2.32. The van der Waals surface area contributed by atoms with Gasteiger partial charge < -0.3 is 4.42 Å². The summed E-state index contributed by atoms with van der Waals surface area (Å²) in [4.78, 5) is 4.41. The maximum absolute atomic E-state index is 5.97. The van der Waals surface area contributed by atoms with E-state index in [-0.39, 0.29) is 0 Å². The number of benzene rings is 2. The molecule has 3 rings (SSSR count). The fourth-order valence-electron chi connectivity index (χ4n) is 1.70. The minimum atomic E-state index is 0.524. The molecule has 0 unspecified atom stereocenters. The molecule has 0 fully saturated rings. The van der Waals surface area contributed by atoms with Crippen LogP contribution in [0.1, 0.15) is 0 Å². The summed E-state index contributed by atoms with van der Waals surface area (Å²) in [5, 5.41) is 1.26. The van der Waals surface area contributed by atoms with E-state index in [2.05, 4.69) is 20.9 Å². The first-order valence-corrected chi connectivity index (χ1v) is 6.70. The molecular formula is C13H6BrCl2NO. The van der Waals surface area contributed by atoms with Gasteiger partial charge in [-0.1, -0.05) is 29.3 Å². The van der Waals surface area contributed by atoms with Gasteiger partial charge in [0.1, 0.15) is 5.52 Å². The summed E-state index contributed by atoms with van der Waals surface area (Å²) in [5.41, 5.74) is 2.22. The highest BCUT2D eigenvalue weighted by Gasteiger charge is 2.11. The molecule has 0 N–H and O–H groups in total. The number of hydrogen-bond donors (Lipinski definition) is 0. The van der Waals surface area contributed by atoms with Crippen molar-refractivity contribution in [2.75, 3.05) is 0 Å². The van der Waals surface area contributed by atoms with Gasteiger partial charge in [-0.2, -0.15) is 0 Å². The lowest BCUT2D eigenvalue weighted by Crippen LogP contribution is -1.76. The highest BCUT2D eigenvalue weighted by atomic mass is 79.9. The Bertz CT molecular complexity index is 739. The third-order valence-corrected chi connectivity index (χ3v) is 3.52. The SMILES string of the molecule is Clc1cccc(-c2nc3cc(Cl)cc(Br)c3o2)c1. The molecule has 0 saturated carbocycles. The lowest BCUT2D eigenvalue weighted by Gasteiger charge is -1.95. The Kier molecular flexibility index (Phi) is 3.06. The van der Waals surface area contributed by atoms with Gasteiger partial charge in [0.15, 0.2) is 5.58 Å². The fraction of sp³-hybridized carbons (Fsp3) is 0. The van der Waals surface area contributed by atoms with Crippen molar-refractivity contribution in [3.63, 3.8) is 0 Å². The average Bonchev–Trinajstić information content (AvgIpc) is 2.73. The van der Waals surface area contributed by atoms with Crippen LogP contribution in [0.5, 0.6) is 0 Å². The zero-order chi connectivity index (χ0) is 12.7. The van der Waals surface area contributed by atoms with E-state index in [0.717, 1.165) is 10.0 Å². The fourth-order valence-corrected chi connectivity index (χ4v) is 2.77. The summed E-state index contributed by atoms with van der Waals surface area (Å²) < 4.78 is 6.50. The summed E-state index contributed by atoms with van der Waals surface area (Å²) in [5.74, 6) is 0.524. The van der Waals surface area contributed by atoms with Gasteiger partial charge in [0.05, 0.1) is 4.47 Å². The molecule has 1 aromatic heterocycles. The number of oxazole rings is 1. The van der Waals surface area contributed by atoms with E-state index in [1.54, 1.807) is 18.2 Å². The number of hydrogen-bond acceptors (Lipinski definition) is 2. The summed E-state index contributed by atoms with van der Waals surface area (Å²) in [6.07, 6.45) is 0. The Hall–Kier alpha value is -1.03. The van der Waals surface area contributed by atoms with E-state index in [9.17, 15) is 0 Å². The van der Waals surface area contributed by atoms with E-state index in [4.69, 9.17) is 27.6 Å². The van der Waals surface area contributed by atoms with Gasteiger partial charge in [0, 0.05) is 15.6 Å². The number of halogens is 3. The lowest BCUT2D eigenvalue weighted by atomic mass is 10.2. The van der Waals surface area contributed by atoms with Gasteiger partial charge in [-0.05, 0) is 46.3 Å². The Balaban J connectivity index is 2.22. The van der Waals surface area contributed by atoms with Crippen LogP contribution in [0.2, 0.25) is 10.0 Å². The molecule has 0 amide bonds. The average molecular weight is 343 g/mol. The summed E-state index contributed by atoms with van der Waals surface area (Å²) in [6, 6.07) is 10.9. The second-order valence-electron chi connectivity index (χ2n) is 3.77. The molecule has 5 heteroatoms. The largest absolute Gasteiger partial charge is 0.435 e. The molecule has 0 aliphatic rings. The molecule has 3 aromatic rings. The van der Waals surface area contributed by atoms with E-state index >= 15 is 0 Å². The zero-order valence-corrected chi connectivity index (χ0v) is 12.1. The third-order valence-electron chi connectivity index (χ3n) is 2.48. The first-order chi connectivity index (χ1) is 8.63. The molecule has 0 spiro atoms. The molecule has 2 aromatic carbocycles. The Morgan fingerprint density at radius 2 is 1.89 bits per heavy atom. The quantitative estimate of drug-likeness (QED) is 0.578. The summed E-state index contributed by atoms with van der Waals surface area (Å²) in [7, 11) is 0. The summed E-state index contributed by atoms with van der Waals surface area (Å²) >= 11 is 15.3. The maximum Gasteiger partial charge on any atom is 0.227 e. The summed E-state index contributed by atoms with van der Waals surface area (Å²) in [6.45, 7) is 0. The minimum Gasteiger partial charge on any atom is -0.435 e. The smallest absolute Gasteiger partial charge is 0.227 e. The van der Waals surface area contributed by atoms with Gasteiger partial charge in [-0.15, -0.1) is 0 Å². The van der Waals surface area contributed by atoms with Crippen molar-refractivity contribution in [1.82, 2.24) is 4.98 Å². The molecule has 90 valence electrons. The molecular weight excluding hydrogens is 337 g/mol. The monoisotopic (exact) mass is 341 g/mol. The van der Waals surface area contributed by atoms with Crippen LogP contribution in [0.25, 0.3) is 22.6 Å². The van der Waals surface area contributed by atoms with Crippen LogP contribution in [-0.2, 0) is 0 Å². The van der Waals surface area contributed by atoms with Crippen molar-refractivity contribution in [3.05, 3.63) is 50.9 Å². The first-order valence-electron chi connectivity index (χ1n) is 5.15. The van der Waals surface area contributed by atoms with Crippen molar-refractivity contribution < 1.29 is 4.42 Å². The number of nitrogens with zero attached hydrogens (tertiary/aromatic N) is 1. The van der Waals surface area contributed by atoms with Gasteiger partial charge >= 0.3 is 0 Å². The highest BCUT2D eigenvalue weighted by molar-refractivity contribution is 9.10. The van der Waals surface area contributed by atoms with Crippen molar-refractivity contribution in [3.8, 4) is 11.5 Å². The van der Waals surface area contributed by atoms with Gasteiger partial charge in [0.2, 0.25) is 5.89 Å². The van der Waals surface area contributed by atoms with Gasteiger partial charge in [-0.25, -0.2) is 4.98 Å². The molecule has 0 atom stereocenters. The van der Waals surface area contributed by atoms with E-state index in [0.29, 0.717) is 27.0 Å². The lowest BCUT2D eigenvalue weighted by molar-refractivity contribution is 0.618. The number of rotatable bonds is 1. The van der Waals surface area contributed by atoms with Crippen LogP contribution in [0.4, 0.5) is 0 Å². The molecule has 0 aliphatic carbocycles. The van der Waals surface area contributed by atoms with Crippen LogP contribution in [0.3, 0.4) is 0 Å². The normalized spacial score (nSPS) is 11.1. The Morgan fingerprint density at radius 3 is 2.67 bits per heavy atom. The first kappa shape index (κ1) is 12.0.